The summed E-state index contributed by atoms with van der Waals surface area (Å²) in [5, 5.41) is 0. The van der Waals surface area contributed by atoms with Gasteiger partial charge in [-0.2, -0.15) is 0 Å². The minimum atomic E-state index is 0.245. The first-order chi connectivity index (χ1) is 13.8. The van der Waals surface area contributed by atoms with Crippen molar-refractivity contribution in [2.75, 3.05) is 0 Å². The second kappa shape index (κ2) is 8.01. The van der Waals surface area contributed by atoms with Crippen LogP contribution in [0, 0.1) is 46.3 Å². The number of allylic oxidation sites excluding steroid dienone is 4. The van der Waals surface area contributed by atoms with E-state index in [0.29, 0.717) is 11.2 Å². The average molecular weight is 397 g/mol. The van der Waals surface area contributed by atoms with Crippen LogP contribution in [-0.2, 0) is 4.79 Å². The van der Waals surface area contributed by atoms with E-state index in [2.05, 4.69) is 46.8 Å². The zero-order chi connectivity index (χ0) is 20.8. The lowest BCUT2D eigenvalue weighted by atomic mass is 9.48. The molecule has 0 radical (unpaired) electrons. The van der Waals surface area contributed by atoms with Gasteiger partial charge >= 0.3 is 0 Å². The largest absolute Gasteiger partial charge is 0.295 e. The predicted octanol–water partition coefficient (Wildman–Crippen LogP) is 7.76. The van der Waals surface area contributed by atoms with E-state index in [1.165, 1.54) is 56.9 Å². The van der Waals surface area contributed by atoms with Gasteiger partial charge < -0.3 is 0 Å². The van der Waals surface area contributed by atoms with Gasteiger partial charge in [0.1, 0.15) is 0 Å². The normalized spacial score (nSPS) is 43.2. The Morgan fingerprint density at radius 2 is 1.86 bits per heavy atom. The van der Waals surface area contributed by atoms with Gasteiger partial charge in [0.25, 0.3) is 0 Å². The Kier molecular flexibility index (Phi) is 5.91. The Bertz CT molecular complexity index is 686. The van der Waals surface area contributed by atoms with Crippen LogP contribution in [-0.4, -0.2) is 5.78 Å². The summed E-state index contributed by atoms with van der Waals surface area (Å²) in [4.78, 5) is 12.0. The van der Waals surface area contributed by atoms with E-state index in [-0.39, 0.29) is 5.41 Å². The van der Waals surface area contributed by atoms with E-state index in [1.54, 1.807) is 0 Å². The van der Waals surface area contributed by atoms with Crippen molar-refractivity contribution in [3.8, 4) is 0 Å². The zero-order valence-electron chi connectivity index (χ0n) is 19.7. The first-order valence-corrected chi connectivity index (χ1v) is 12.7. The van der Waals surface area contributed by atoms with Crippen molar-refractivity contribution < 1.29 is 4.79 Å². The molecule has 2 fully saturated rings. The molecule has 4 aliphatic rings. The monoisotopic (exact) mass is 396 g/mol. The van der Waals surface area contributed by atoms with Gasteiger partial charge in [-0.3, -0.25) is 4.79 Å². The molecule has 162 valence electrons. The highest BCUT2D eigenvalue weighted by Crippen LogP contribution is 2.66. The minimum absolute atomic E-state index is 0.245. The third-order valence-corrected chi connectivity index (χ3v) is 10.3. The van der Waals surface area contributed by atoms with Crippen LogP contribution in [0.5, 0.6) is 0 Å². The summed E-state index contributed by atoms with van der Waals surface area (Å²) in [6.45, 7) is 12.4. The molecule has 29 heavy (non-hydrogen) atoms. The molecule has 0 aliphatic heterocycles. The topological polar surface area (TPSA) is 17.1 Å². The minimum Gasteiger partial charge on any atom is -0.295 e. The number of hydrogen-bond acceptors (Lipinski definition) is 1. The maximum Gasteiger partial charge on any atom is 0.156 e. The number of carbonyl (C=O) groups excluding carboxylic acids is 1. The molecule has 0 aromatic heterocycles. The van der Waals surface area contributed by atoms with Gasteiger partial charge in [0, 0.05) is 6.42 Å². The Morgan fingerprint density at radius 1 is 1.07 bits per heavy atom. The smallest absolute Gasteiger partial charge is 0.156 e. The lowest BCUT2D eigenvalue weighted by Gasteiger charge is -2.56. The van der Waals surface area contributed by atoms with Crippen molar-refractivity contribution in [3.63, 3.8) is 0 Å². The molecule has 0 amide bonds. The van der Waals surface area contributed by atoms with Crippen LogP contribution in [0.4, 0.5) is 0 Å². The summed E-state index contributed by atoms with van der Waals surface area (Å²) < 4.78 is 0. The maximum absolute atomic E-state index is 12.0. The van der Waals surface area contributed by atoms with Gasteiger partial charge in [0.15, 0.2) is 5.78 Å². The van der Waals surface area contributed by atoms with E-state index in [4.69, 9.17) is 0 Å². The summed E-state index contributed by atoms with van der Waals surface area (Å²) in [6.07, 6.45) is 19.9. The molecule has 0 N–H and O–H groups in total. The second-order valence-electron chi connectivity index (χ2n) is 11.8. The van der Waals surface area contributed by atoms with E-state index >= 15 is 0 Å². The Labute approximate surface area is 179 Å². The SMILES string of the molecule is CC[C@H](C)CCCC(C)[C@H]1CCC2C3C=CC4=CC(=O)CC[C@]4(C)C3CC[C@@]21C. The lowest BCUT2D eigenvalue weighted by Crippen LogP contribution is -2.49. The van der Waals surface area contributed by atoms with Crippen molar-refractivity contribution in [2.24, 2.45) is 46.3 Å². The van der Waals surface area contributed by atoms with Gasteiger partial charge in [-0.25, -0.2) is 0 Å². The third-order valence-electron chi connectivity index (χ3n) is 10.3. The Morgan fingerprint density at radius 3 is 2.62 bits per heavy atom. The number of ketones is 1. The highest BCUT2D eigenvalue weighted by molar-refractivity contribution is 5.92. The zero-order valence-corrected chi connectivity index (χ0v) is 19.7. The van der Waals surface area contributed by atoms with Gasteiger partial charge in [0.2, 0.25) is 0 Å². The van der Waals surface area contributed by atoms with Gasteiger partial charge in [0.05, 0.1) is 0 Å². The highest BCUT2D eigenvalue weighted by atomic mass is 16.1. The van der Waals surface area contributed by atoms with Crippen molar-refractivity contribution >= 4 is 5.78 Å². The molecule has 2 saturated carbocycles. The first-order valence-electron chi connectivity index (χ1n) is 12.7. The van der Waals surface area contributed by atoms with Crippen molar-refractivity contribution in [1.82, 2.24) is 0 Å². The maximum atomic E-state index is 12.0. The molecule has 4 unspecified atom stereocenters. The molecule has 0 spiro atoms. The van der Waals surface area contributed by atoms with Gasteiger partial charge in [-0.05, 0) is 90.1 Å². The van der Waals surface area contributed by atoms with E-state index in [1.807, 2.05) is 6.08 Å². The molecular formula is C28H44O. The Balaban J connectivity index is 1.49. The van der Waals surface area contributed by atoms with E-state index < -0.39 is 0 Å². The molecule has 4 aliphatic carbocycles. The molecule has 0 saturated heterocycles. The molecule has 1 heteroatoms. The third kappa shape index (κ3) is 3.59. The fourth-order valence-corrected chi connectivity index (χ4v) is 8.17. The van der Waals surface area contributed by atoms with E-state index in [0.717, 1.165) is 48.3 Å². The second-order valence-corrected chi connectivity index (χ2v) is 11.8. The number of fused-ring (bicyclic) bond motifs is 5. The number of rotatable bonds is 6. The van der Waals surface area contributed by atoms with Crippen LogP contribution in [0.1, 0.15) is 98.8 Å². The molecular weight excluding hydrogens is 352 g/mol. The summed E-state index contributed by atoms with van der Waals surface area (Å²) >= 11 is 0. The molecule has 0 heterocycles. The molecule has 0 aromatic rings. The summed E-state index contributed by atoms with van der Waals surface area (Å²) in [5.41, 5.74) is 2.12. The van der Waals surface area contributed by atoms with Crippen LogP contribution in [0.3, 0.4) is 0 Å². The van der Waals surface area contributed by atoms with Crippen LogP contribution in [0.2, 0.25) is 0 Å². The van der Waals surface area contributed by atoms with Crippen LogP contribution < -0.4 is 0 Å². The Hall–Kier alpha value is -0.850. The first kappa shape index (κ1) is 21.4. The van der Waals surface area contributed by atoms with Crippen LogP contribution in [0.15, 0.2) is 23.8 Å². The fourth-order valence-electron chi connectivity index (χ4n) is 8.17. The standard InChI is InChI=1S/C28H44O/c1-6-19(2)8-7-9-20(3)24-12-13-25-23-11-10-21-18-22(29)14-16-27(21,4)26(23)15-17-28(24,25)5/h10-11,18-20,23-26H,6-9,12-17H2,1-5H3/t19-,20?,23?,24+,25?,26?,27-,28+/m0/s1. The van der Waals surface area contributed by atoms with E-state index in [9.17, 15) is 4.79 Å². The van der Waals surface area contributed by atoms with Crippen molar-refractivity contribution in [1.29, 1.82) is 0 Å². The lowest BCUT2D eigenvalue weighted by molar-refractivity contribution is -0.116. The fraction of sp³-hybridized carbons (Fsp3) is 0.821. The average Bonchev–Trinajstić information content (AvgIpc) is 3.05. The summed E-state index contributed by atoms with van der Waals surface area (Å²) in [5.74, 6) is 5.37. The molecule has 0 aromatic carbocycles. The quantitative estimate of drug-likeness (QED) is 0.448. The number of carbonyl (C=O) groups is 1. The summed E-state index contributed by atoms with van der Waals surface area (Å²) in [7, 11) is 0. The molecule has 4 rings (SSSR count). The van der Waals surface area contributed by atoms with Gasteiger partial charge in [-0.15, -0.1) is 0 Å². The van der Waals surface area contributed by atoms with Crippen molar-refractivity contribution in [2.45, 2.75) is 98.8 Å². The predicted molar refractivity (Wildman–Crippen MR) is 123 cm³/mol. The summed E-state index contributed by atoms with van der Waals surface area (Å²) in [6, 6.07) is 0. The molecule has 0 bridgehead atoms. The van der Waals surface area contributed by atoms with Crippen molar-refractivity contribution in [3.05, 3.63) is 23.8 Å². The molecule has 8 atom stereocenters. The highest BCUT2D eigenvalue weighted by Gasteiger charge is 2.58. The van der Waals surface area contributed by atoms with Crippen LogP contribution >= 0.6 is 0 Å². The van der Waals surface area contributed by atoms with Crippen LogP contribution in [0.25, 0.3) is 0 Å². The molecule has 1 nitrogen and oxygen atoms in total. The number of hydrogen-bond donors (Lipinski definition) is 0. The van der Waals surface area contributed by atoms with Gasteiger partial charge in [-0.1, -0.05) is 72.5 Å².